The first-order valence-corrected chi connectivity index (χ1v) is 6.48. The average Bonchev–Trinajstić information content (AvgIpc) is 2.35. The molecule has 0 radical (unpaired) electrons. The molecule has 1 N–H and O–H groups in total. The maximum atomic E-state index is 11.6. The van der Waals surface area contributed by atoms with Crippen molar-refractivity contribution in [3.05, 3.63) is 17.8 Å². The fourth-order valence-electron chi connectivity index (χ4n) is 1.46. The molecule has 0 atom stereocenters. The first kappa shape index (κ1) is 16.1. The number of alkyl carbamates (subject to hydrolysis) is 1. The van der Waals surface area contributed by atoms with E-state index in [4.69, 9.17) is 14.2 Å². The van der Waals surface area contributed by atoms with Crippen molar-refractivity contribution >= 4 is 6.09 Å². The Morgan fingerprint density at radius 1 is 1.40 bits per heavy atom. The number of hydrogen-bond donors (Lipinski definition) is 1. The Morgan fingerprint density at radius 3 is 2.65 bits per heavy atom. The summed E-state index contributed by atoms with van der Waals surface area (Å²) in [5.41, 5.74) is 0.240. The van der Waals surface area contributed by atoms with Crippen molar-refractivity contribution in [1.29, 1.82) is 0 Å². The summed E-state index contributed by atoms with van der Waals surface area (Å²) in [7, 11) is 1.54. The monoisotopic (exact) mass is 282 g/mol. The molecule has 0 bridgehead atoms. The Labute approximate surface area is 119 Å². The highest BCUT2D eigenvalue weighted by Crippen LogP contribution is 2.22. The van der Waals surface area contributed by atoms with Gasteiger partial charge in [0.1, 0.15) is 11.4 Å². The Kier molecular flexibility index (Phi) is 5.61. The molecule has 6 nitrogen and oxygen atoms in total. The zero-order valence-corrected chi connectivity index (χ0v) is 12.6. The summed E-state index contributed by atoms with van der Waals surface area (Å²) in [6, 6.07) is 1.69. The normalized spacial score (nSPS) is 10.8. The largest absolute Gasteiger partial charge is 0.493 e. The summed E-state index contributed by atoms with van der Waals surface area (Å²) in [6.45, 7) is 8.12. The molecule has 0 saturated carbocycles. The Bertz CT molecular complexity index is 455. The minimum absolute atomic E-state index is 0.279. The lowest BCUT2D eigenvalue weighted by molar-refractivity contribution is 0.0523. The number of ether oxygens (including phenoxy) is 3. The Balaban J connectivity index is 2.69. The third-order valence-corrected chi connectivity index (χ3v) is 2.25. The highest BCUT2D eigenvalue weighted by molar-refractivity contribution is 5.67. The number of hydrogen-bond acceptors (Lipinski definition) is 5. The van der Waals surface area contributed by atoms with Crippen LogP contribution in [-0.2, 0) is 11.3 Å². The van der Waals surface area contributed by atoms with Gasteiger partial charge in [-0.15, -0.1) is 0 Å². The van der Waals surface area contributed by atoms with Crippen LogP contribution in [-0.4, -0.2) is 30.4 Å². The predicted molar refractivity (Wildman–Crippen MR) is 75.0 cm³/mol. The molecule has 20 heavy (non-hydrogen) atoms. The summed E-state index contributed by atoms with van der Waals surface area (Å²) < 4.78 is 15.7. The second kappa shape index (κ2) is 6.98. The number of nitrogens with zero attached hydrogens (tertiary/aromatic N) is 1. The molecule has 0 aliphatic heterocycles. The summed E-state index contributed by atoms with van der Waals surface area (Å²) >= 11 is 0. The van der Waals surface area contributed by atoms with Crippen molar-refractivity contribution in [3.63, 3.8) is 0 Å². The molecule has 1 amide bonds. The summed E-state index contributed by atoms with van der Waals surface area (Å²) in [6.07, 6.45) is 1.14. The number of methoxy groups -OCH3 is 1. The van der Waals surface area contributed by atoms with Crippen LogP contribution in [0.5, 0.6) is 11.6 Å². The van der Waals surface area contributed by atoms with Crippen LogP contribution >= 0.6 is 0 Å². The number of aromatic nitrogens is 1. The molecular weight excluding hydrogens is 260 g/mol. The van der Waals surface area contributed by atoms with E-state index < -0.39 is 11.7 Å². The summed E-state index contributed by atoms with van der Waals surface area (Å²) in [4.78, 5) is 15.7. The van der Waals surface area contributed by atoms with Crippen molar-refractivity contribution in [3.8, 4) is 11.6 Å². The molecule has 0 saturated heterocycles. The topological polar surface area (TPSA) is 69.7 Å². The molecule has 1 aromatic rings. The van der Waals surface area contributed by atoms with Gasteiger partial charge in [-0.2, -0.15) is 0 Å². The minimum Gasteiger partial charge on any atom is -0.493 e. The highest BCUT2D eigenvalue weighted by Gasteiger charge is 2.16. The fourth-order valence-corrected chi connectivity index (χ4v) is 1.46. The van der Waals surface area contributed by atoms with E-state index in [0.717, 1.165) is 5.56 Å². The number of rotatable bonds is 5. The van der Waals surface area contributed by atoms with E-state index in [0.29, 0.717) is 18.2 Å². The standard InChI is InChI=1S/C14H22N2O4/c1-6-19-11-7-12(18-5)15-8-10(11)9-16-13(17)20-14(2,3)4/h7-8H,6,9H2,1-5H3,(H,16,17). The SMILES string of the molecule is CCOc1cc(OC)ncc1CNC(=O)OC(C)(C)C. The maximum Gasteiger partial charge on any atom is 0.407 e. The highest BCUT2D eigenvalue weighted by atomic mass is 16.6. The number of carbonyl (C=O) groups is 1. The first-order valence-electron chi connectivity index (χ1n) is 6.48. The van der Waals surface area contributed by atoms with Gasteiger partial charge in [0.2, 0.25) is 5.88 Å². The third kappa shape index (κ3) is 5.34. The van der Waals surface area contributed by atoms with Crippen LogP contribution < -0.4 is 14.8 Å². The zero-order valence-electron chi connectivity index (χ0n) is 12.6. The second-order valence-electron chi connectivity index (χ2n) is 5.12. The van der Waals surface area contributed by atoms with Gasteiger partial charge in [0, 0.05) is 17.8 Å². The van der Waals surface area contributed by atoms with Crippen LogP contribution in [0, 0.1) is 0 Å². The van der Waals surface area contributed by atoms with E-state index in [-0.39, 0.29) is 6.54 Å². The van der Waals surface area contributed by atoms with E-state index in [1.54, 1.807) is 12.3 Å². The van der Waals surface area contributed by atoms with Crippen molar-refractivity contribution in [2.45, 2.75) is 39.8 Å². The fraction of sp³-hybridized carbons (Fsp3) is 0.571. The van der Waals surface area contributed by atoms with Crippen LogP contribution in [0.25, 0.3) is 0 Å². The molecule has 0 aliphatic rings. The molecule has 1 heterocycles. The number of pyridine rings is 1. The van der Waals surface area contributed by atoms with Crippen molar-refractivity contribution in [2.24, 2.45) is 0 Å². The Hall–Kier alpha value is -1.98. The molecular formula is C14H22N2O4. The number of nitrogens with one attached hydrogen (secondary N) is 1. The lowest BCUT2D eigenvalue weighted by Gasteiger charge is -2.20. The molecule has 0 aliphatic carbocycles. The van der Waals surface area contributed by atoms with Gasteiger partial charge in [0.05, 0.1) is 20.3 Å². The van der Waals surface area contributed by atoms with E-state index in [1.807, 2.05) is 27.7 Å². The van der Waals surface area contributed by atoms with Gasteiger partial charge in [-0.25, -0.2) is 9.78 Å². The number of carbonyl (C=O) groups excluding carboxylic acids is 1. The first-order chi connectivity index (χ1) is 9.35. The minimum atomic E-state index is -0.523. The molecule has 0 fully saturated rings. The zero-order chi connectivity index (χ0) is 15.2. The molecule has 1 aromatic heterocycles. The van der Waals surface area contributed by atoms with Gasteiger partial charge in [-0.1, -0.05) is 0 Å². The van der Waals surface area contributed by atoms with Crippen LogP contribution in [0.3, 0.4) is 0 Å². The molecule has 6 heteroatoms. The lowest BCUT2D eigenvalue weighted by Crippen LogP contribution is -2.32. The van der Waals surface area contributed by atoms with Crippen LogP contribution in [0.1, 0.15) is 33.3 Å². The molecule has 1 rings (SSSR count). The van der Waals surface area contributed by atoms with Gasteiger partial charge < -0.3 is 19.5 Å². The van der Waals surface area contributed by atoms with Gasteiger partial charge in [0.15, 0.2) is 0 Å². The van der Waals surface area contributed by atoms with Gasteiger partial charge in [-0.3, -0.25) is 0 Å². The average molecular weight is 282 g/mol. The van der Waals surface area contributed by atoms with E-state index in [2.05, 4.69) is 10.3 Å². The smallest absolute Gasteiger partial charge is 0.407 e. The van der Waals surface area contributed by atoms with Gasteiger partial charge in [0.25, 0.3) is 0 Å². The molecule has 0 aromatic carbocycles. The quantitative estimate of drug-likeness (QED) is 0.898. The molecule has 0 spiro atoms. The molecule has 0 unspecified atom stereocenters. The predicted octanol–water partition coefficient (Wildman–Crippen LogP) is 2.51. The van der Waals surface area contributed by atoms with E-state index in [9.17, 15) is 4.79 Å². The van der Waals surface area contributed by atoms with Crippen molar-refractivity contribution in [1.82, 2.24) is 10.3 Å². The summed E-state index contributed by atoms with van der Waals surface area (Å²) in [5.74, 6) is 1.10. The van der Waals surface area contributed by atoms with E-state index >= 15 is 0 Å². The maximum absolute atomic E-state index is 11.6. The van der Waals surface area contributed by atoms with Crippen molar-refractivity contribution in [2.75, 3.05) is 13.7 Å². The third-order valence-electron chi connectivity index (χ3n) is 2.25. The molecule has 112 valence electrons. The lowest BCUT2D eigenvalue weighted by atomic mass is 10.2. The Morgan fingerprint density at radius 2 is 2.10 bits per heavy atom. The second-order valence-corrected chi connectivity index (χ2v) is 5.12. The number of amides is 1. The summed E-state index contributed by atoms with van der Waals surface area (Å²) in [5, 5.41) is 2.67. The van der Waals surface area contributed by atoms with Crippen LogP contribution in [0.15, 0.2) is 12.3 Å². The van der Waals surface area contributed by atoms with E-state index in [1.165, 1.54) is 7.11 Å². The van der Waals surface area contributed by atoms with Crippen molar-refractivity contribution < 1.29 is 19.0 Å². The van der Waals surface area contributed by atoms with Gasteiger partial charge >= 0.3 is 6.09 Å². The van der Waals surface area contributed by atoms with Gasteiger partial charge in [-0.05, 0) is 27.7 Å². The van der Waals surface area contributed by atoms with Crippen LogP contribution in [0.2, 0.25) is 0 Å². The van der Waals surface area contributed by atoms with Crippen LogP contribution in [0.4, 0.5) is 4.79 Å².